The molecule has 0 bridgehead atoms. The summed E-state index contributed by atoms with van der Waals surface area (Å²) in [5.74, 6) is -0.296. The SMILES string of the molecule is O=C(NCc1ccccn1)c1cccc(C(=O)N2CCOCC2)c1. The largest absolute Gasteiger partial charge is 0.378 e. The first-order valence-electron chi connectivity index (χ1n) is 7.89. The molecule has 0 unspecified atom stereocenters. The zero-order valence-electron chi connectivity index (χ0n) is 13.3. The summed E-state index contributed by atoms with van der Waals surface area (Å²) >= 11 is 0. The number of carbonyl (C=O) groups is 2. The molecule has 2 amide bonds. The zero-order valence-corrected chi connectivity index (χ0v) is 13.3. The molecule has 124 valence electrons. The van der Waals surface area contributed by atoms with Gasteiger partial charge in [-0.05, 0) is 30.3 Å². The molecule has 1 aromatic carbocycles. The fraction of sp³-hybridized carbons (Fsp3) is 0.278. The van der Waals surface area contributed by atoms with Crippen LogP contribution in [0.2, 0.25) is 0 Å². The van der Waals surface area contributed by atoms with E-state index < -0.39 is 0 Å². The number of ether oxygens (including phenoxy) is 1. The zero-order chi connectivity index (χ0) is 16.8. The molecule has 1 aromatic heterocycles. The van der Waals surface area contributed by atoms with Gasteiger partial charge in [0.25, 0.3) is 11.8 Å². The van der Waals surface area contributed by atoms with Crippen LogP contribution in [0.5, 0.6) is 0 Å². The monoisotopic (exact) mass is 325 g/mol. The quantitative estimate of drug-likeness (QED) is 0.924. The van der Waals surface area contributed by atoms with Gasteiger partial charge in [0.1, 0.15) is 0 Å². The van der Waals surface area contributed by atoms with Crippen LogP contribution in [-0.2, 0) is 11.3 Å². The molecule has 1 fully saturated rings. The van der Waals surface area contributed by atoms with Crippen LogP contribution < -0.4 is 5.32 Å². The van der Waals surface area contributed by atoms with Gasteiger partial charge in [-0.25, -0.2) is 0 Å². The summed E-state index contributed by atoms with van der Waals surface area (Å²) in [6, 6.07) is 12.3. The summed E-state index contributed by atoms with van der Waals surface area (Å²) in [5.41, 5.74) is 1.76. The fourth-order valence-corrected chi connectivity index (χ4v) is 2.52. The third-order valence-corrected chi connectivity index (χ3v) is 3.83. The highest BCUT2D eigenvalue weighted by Crippen LogP contribution is 2.10. The summed E-state index contributed by atoms with van der Waals surface area (Å²) in [6.07, 6.45) is 1.68. The number of benzene rings is 1. The molecule has 1 aliphatic heterocycles. The molecule has 6 heteroatoms. The van der Waals surface area contributed by atoms with E-state index in [4.69, 9.17) is 4.74 Å². The molecule has 0 spiro atoms. The minimum Gasteiger partial charge on any atom is -0.378 e. The van der Waals surface area contributed by atoms with Crippen molar-refractivity contribution in [3.63, 3.8) is 0 Å². The standard InChI is InChI=1S/C18H19N3O3/c22-17(20-13-16-6-1-2-7-19-16)14-4-3-5-15(12-14)18(23)21-8-10-24-11-9-21/h1-7,12H,8-11,13H2,(H,20,22). The van der Waals surface area contributed by atoms with Crippen molar-refractivity contribution in [3.05, 3.63) is 65.5 Å². The first-order valence-corrected chi connectivity index (χ1v) is 7.89. The number of morpholine rings is 1. The van der Waals surface area contributed by atoms with Gasteiger partial charge in [0.2, 0.25) is 0 Å². The Morgan fingerprint density at radius 2 is 1.88 bits per heavy atom. The second-order valence-electron chi connectivity index (χ2n) is 5.49. The van der Waals surface area contributed by atoms with Crippen LogP contribution in [0.25, 0.3) is 0 Å². The lowest BCUT2D eigenvalue weighted by Gasteiger charge is -2.27. The predicted molar refractivity (Wildman–Crippen MR) is 88.6 cm³/mol. The highest BCUT2D eigenvalue weighted by Gasteiger charge is 2.19. The Kier molecular flexibility index (Phi) is 5.18. The van der Waals surface area contributed by atoms with Crippen molar-refractivity contribution >= 4 is 11.8 Å². The first-order chi connectivity index (χ1) is 11.7. The second kappa shape index (κ2) is 7.70. The molecule has 0 radical (unpaired) electrons. The van der Waals surface area contributed by atoms with E-state index in [1.54, 1.807) is 35.4 Å². The lowest BCUT2D eigenvalue weighted by molar-refractivity contribution is 0.0303. The van der Waals surface area contributed by atoms with E-state index in [0.717, 1.165) is 5.69 Å². The number of amides is 2. The molecule has 1 N–H and O–H groups in total. The number of nitrogens with zero attached hydrogens (tertiary/aromatic N) is 2. The van der Waals surface area contributed by atoms with Crippen LogP contribution >= 0.6 is 0 Å². The maximum atomic E-state index is 12.5. The molecule has 3 rings (SSSR count). The molecular weight excluding hydrogens is 306 g/mol. The van der Waals surface area contributed by atoms with Crippen molar-refractivity contribution in [1.82, 2.24) is 15.2 Å². The van der Waals surface area contributed by atoms with Gasteiger partial charge in [0.05, 0.1) is 25.5 Å². The summed E-state index contributed by atoms with van der Waals surface area (Å²) < 4.78 is 5.26. The third-order valence-electron chi connectivity index (χ3n) is 3.83. The van der Waals surface area contributed by atoms with E-state index in [-0.39, 0.29) is 11.8 Å². The van der Waals surface area contributed by atoms with Crippen LogP contribution in [0, 0.1) is 0 Å². The van der Waals surface area contributed by atoms with Gasteiger partial charge in [-0.2, -0.15) is 0 Å². The van der Waals surface area contributed by atoms with Crippen molar-refractivity contribution in [3.8, 4) is 0 Å². The van der Waals surface area contributed by atoms with E-state index in [9.17, 15) is 9.59 Å². The third kappa shape index (κ3) is 3.97. The van der Waals surface area contributed by atoms with Crippen molar-refractivity contribution in [1.29, 1.82) is 0 Å². The minimum absolute atomic E-state index is 0.0716. The summed E-state index contributed by atoms with van der Waals surface area (Å²) in [6.45, 7) is 2.61. The maximum absolute atomic E-state index is 12.5. The number of carbonyl (C=O) groups excluding carboxylic acids is 2. The Morgan fingerprint density at radius 3 is 2.62 bits per heavy atom. The van der Waals surface area contributed by atoms with Crippen LogP contribution in [0.4, 0.5) is 0 Å². The average molecular weight is 325 g/mol. The molecule has 6 nitrogen and oxygen atoms in total. The molecule has 24 heavy (non-hydrogen) atoms. The van der Waals surface area contributed by atoms with E-state index >= 15 is 0 Å². The lowest BCUT2D eigenvalue weighted by Crippen LogP contribution is -2.40. The van der Waals surface area contributed by atoms with Crippen molar-refractivity contribution in [2.24, 2.45) is 0 Å². The molecule has 0 atom stereocenters. The number of hydrogen-bond acceptors (Lipinski definition) is 4. The number of pyridine rings is 1. The molecule has 0 saturated carbocycles. The van der Waals surface area contributed by atoms with Gasteiger partial charge in [0, 0.05) is 30.4 Å². The first kappa shape index (κ1) is 16.1. The Hall–Kier alpha value is -2.73. The van der Waals surface area contributed by atoms with Crippen LogP contribution in [0.3, 0.4) is 0 Å². The highest BCUT2D eigenvalue weighted by atomic mass is 16.5. The predicted octanol–water partition coefficient (Wildman–Crippen LogP) is 1.48. The molecule has 0 aliphatic carbocycles. The number of aromatic nitrogens is 1. The molecule has 1 aliphatic rings. The minimum atomic E-state index is -0.225. The smallest absolute Gasteiger partial charge is 0.254 e. The Morgan fingerprint density at radius 1 is 1.08 bits per heavy atom. The van der Waals surface area contributed by atoms with Crippen molar-refractivity contribution in [2.75, 3.05) is 26.3 Å². The second-order valence-corrected chi connectivity index (χ2v) is 5.49. The Labute approximate surface area is 140 Å². The molecule has 1 saturated heterocycles. The van der Waals surface area contributed by atoms with Gasteiger partial charge < -0.3 is 15.0 Å². The van der Waals surface area contributed by atoms with E-state index in [0.29, 0.717) is 44.0 Å². The number of nitrogens with one attached hydrogen (secondary N) is 1. The van der Waals surface area contributed by atoms with Gasteiger partial charge in [-0.3, -0.25) is 14.6 Å². The van der Waals surface area contributed by atoms with Gasteiger partial charge in [-0.15, -0.1) is 0 Å². The summed E-state index contributed by atoms with van der Waals surface area (Å²) in [5, 5.41) is 2.81. The Balaban J connectivity index is 1.65. The number of rotatable bonds is 4. The lowest BCUT2D eigenvalue weighted by atomic mass is 10.1. The van der Waals surface area contributed by atoms with Gasteiger partial charge in [-0.1, -0.05) is 12.1 Å². The van der Waals surface area contributed by atoms with Crippen LogP contribution in [0.15, 0.2) is 48.7 Å². The van der Waals surface area contributed by atoms with Crippen LogP contribution in [0.1, 0.15) is 26.4 Å². The average Bonchev–Trinajstić information content (AvgIpc) is 2.67. The van der Waals surface area contributed by atoms with Crippen molar-refractivity contribution in [2.45, 2.75) is 6.54 Å². The van der Waals surface area contributed by atoms with E-state index in [1.165, 1.54) is 0 Å². The Bertz CT molecular complexity index is 712. The van der Waals surface area contributed by atoms with Gasteiger partial charge in [0.15, 0.2) is 0 Å². The number of hydrogen-bond donors (Lipinski definition) is 1. The normalized spacial score (nSPS) is 14.2. The van der Waals surface area contributed by atoms with E-state index in [1.807, 2.05) is 18.2 Å². The van der Waals surface area contributed by atoms with E-state index in [2.05, 4.69) is 10.3 Å². The molecular formula is C18H19N3O3. The topological polar surface area (TPSA) is 71.5 Å². The fourth-order valence-electron chi connectivity index (χ4n) is 2.52. The maximum Gasteiger partial charge on any atom is 0.254 e. The molecule has 2 heterocycles. The van der Waals surface area contributed by atoms with Gasteiger partial charge >= 0.3 is 0 Å². The summed E-state index contributed by atoms with van der Waals surface area (Å²) in [4.78, 5) is 30.7. The van der Waals surface area contributed by atoms with Crippen LogP contribution in [-0.4, -0.2) is 48.0 Å². The van der Waals surface area contributed by atoms with Crippen molar-refractivity contribution < 1.29 is 14.3 Å². The highest BCUT2D eigenvalue weighted by molar-refractivity contribution is 5.99. The molecule has 2 aromatic rings. The summed E-state index contributed by atoms with van der Waals surface area (Å²) in [7, 11) is 0.